The van der Waals surface area contributed by atoms with Gasteiger partial charge in [0, 0.05) is 31.6 Å². The third-order valence-corrected chi connectivity index (χ3v) is 4.94. The summed E-state index contributed by atoms with van der Waals surface area (Å²) in [6.45, 7) is 4.87. The average molecular weight is 260 g/mol. The van der Waals surface area contributed by atoms with Crippen LogP contribution in [0.4, 0.5) is 0 Å². The third-order valence-electron chi connectivity index (χ3n) is 4.94. The highest BCUT2D eigenvalue weighted by molar-refractivity contribution is 5.25. The average Bonchev–Trinajstić information content (AvgIpc) is 2.94. The number of nitrogens with two attached hydrogens (primary N) is 1. The smallest absolute Gasteiger partial charge is 0.0583 e. The summed E-state index contributed by atoms with van der Waals surface area (Å²) in [5, 5.41) is 10.0. The number of hydrogen-bond donors (Lipinski definition) is 2. The van der Waals surface area contributed by atoms with E-state index in [2.05, 4.69) is 36.1 Å². The van der Waals surface area contributed by atoms with Gasteiger partial charge < -0.3 is 10.8 Å². The van der Waals surface area contributed by atoms with E-state index in [0.29, 0.717) is 24.4 Å². The number of fused-ring (bicyclic) bond motifs is 1. The lowest BCUT2D eigenvalue weighted by Gasteiger charge is -2.28. The molecule has 104 valence electrons. The largest absolute Gasteiger partial charge is 0.393 e. The van der Waals surface area contributed by atoms with Crippen LogP contribution in [0, 0.1) is 18.8 Å². The first-order chi connectivity index (χ1) is 9.19. The predicted octanol–water partition coefficient (Wildman–Crippen LogP) is 1.70. The lowest BCUT2D eigenvalue weighted by molar-refractivity contribution is 0.118. The molecule has 0 amide bonds. The SMILES string of the molecule is Cc1cccc(C(CN)N2CC3CCC(O)C3C2)c1. The van der Waals surface area contributed by atoms with E-state index in [9.17, 15) is 5.11 Å². The molecule has 0 bridgehead atoms. The maximum absolute atomic E-state index is 10.0. The Labute approximate surface area is 115 Å². The summed E-state index contributed by atoms with van der Waals surface area (Å²) < 4.78 is 0. The van der Waals surface area contributed by atoms with Gasteiger partial charge in [-0.25, -0.2) is 0 Å². The lowest BCUT2D eigenvalue weighted by Crippen LogP contribution is -2.33. The van der Waals surface area contributed by atoms with Crippen LogP contribution < -0.4 is 5.73 Å². The van der Waals surface area contributed by atoms with Crippen molar-refractivity contribution in [3.05, 3.63) is 35.4 Å². The predicted molar refractivity (Wildman–Crippen MR) is 76.8 cm³/mol. The van der Waals surface area contributed by atoms with E-state index in [1.807, 2.05) is 0 Å². The fourth-order valence-corrected chi connectivity index (χ4v) is 3.90. The molecule has 3 rings (SSSR count). The minimum Gasteiger partial charge on any atom is -0.393 e. The highest BCUT2D eigenvalue weighted by atomic mass is 16.3. The van der Waals surface area contributed by atoms with Gasteiger partial charge in [0.25, 0.3) is 0 Å². The van der Waals surface area contributed by atoms with E-state index in [1.54, 1.807) is 0 Å². The molecule has 4 unspecified atom stereocenters. The molecule has 0 spiro atoms. The summed E-state index contributed by atoms with van der Waals surface area (Å²) in [5.74, 6) is 1.15. The molecule has 1 aliphatic heterocycles. The molecule has 1 aromatic rings. The molecule has 4 atom stereocenters. The van der Waals surface area contributed by atoms with Gasteiger partial charge in [-0.1, -0.05) is 29.8 Å². The third kappa shape index (κ3) is 2.42. The summed E-state index contributed by atoms with van der Waals surface area (Å²) in [6.07, 6.45) is 2.07. The van der Waals surface area contributed by atoms with Crippen molar-refractivity contribution in [2.24, 2.45) is 17.6 Å². The number of nitrogens with zero attached hydrogens (tertiary/aromatic N) is 1. The summed E-state index contributed by atoms with van der Waals surface area (Å²) >= 11 is 0. The van der Waals surface area contributed by atoms with Crippen molar-refractivity contribution in [1.82, 2.24) is 4.90 Å². The van der Waals surface area contributed by atoms with Crippen LogP contribution in [0.2, 0.25) is 0 Å². The number of rotatable bonds is 3. The number of likely N-dealkylation sites (tertiary alicyclic amines) is 1. The molecule has 1 saturated carbocycles. The van der Waals surface area contributed by atoms with Gasteiger partial charge in [-0.15, -0.1) is 0 Å². The van der Waals surface area contributed by atoms with Crippen LogP contribution in [0.3, 0.4) is 0 Å². The van der Waals surface area contributed by atoms with E-state index in [1.165, 1.54) is 17.5 Å². The number of benzene rings is 1. The Bertz CT molecular complexity index is 448. The molecule has 2 fully saturated rings. The maximum atomic E-state index is 10.0. The zero-order chi connectivity index (χ0) is 13.4. The molecule has 0 aromatic heterocycles. The molecular weight excluding hydrogens is 236 g/mol. The summed E-state index contributed by atoms with van der Waals surface area (Å²) in [6, 6.07) is 8.95. The molecule has 0 radical (unpaired) electrons. The van der Waals surface area contributed by atoms with Crippen LogP contribution in [0.5, 0.6) is 0 Å². The topological polar surface area (TPSA) is 49.5 Å². The number of aliphatic hydroxyl groups excluding tert-OH is 1. The Morgan fingerprint density at radius 2 is 2.21 bits per heavy atom. The molecule has 1 heterocycles. The van der Waals surface area contributed by atoms with Crippen LogP contribution in [-0.2, 0) is 0 Å². The zero-order valence-corrected chi connectivity index (χ0v) is 11.6. The molecule has 1 saturated heterocycles. The van der Waals surface area contributed by atoms with Crippen molar-refractivity contribution in [2.75, 3.05) is 19.6 Å². The van der Waals surface area contributed by atoms with E-state index < -0.39 is 0 Å². The monoisotopic (exact) mass is 260 g/mol. The highest BCUT2D eigenvalue weighted by Gasteiger charge is 2.43. The summed E-state index contributed by atoms with van der Waals surface area (Å²) in [7, 11) is 0. The molecule has 19 heavy (non-hydrogen) atoms. The number of hydrogen-bond acceptors (Lipinski definition) is 3. The molecule has 3 heteroatoms. The Hall–Kier alpha value is -0.900. The summed E-state index contributed by atoms with van der Waals surface area (Å²) in [4.78, 5) is 2.48. The van der Waals surface area contributed by atoms with Crippen LogP contribution in [-0.4, -0.2) is 35.7 Å². The first kappa shape index (κ1) is 13.1. The molecule has 3 nitrogen and oxygen atoms in total. The Morgan fingerprint density at radius 3 is 2.89 bits per heavy atom. The normalized spacial score (nSPS) is 32.5. The van der Waals surface area contributed by atoms with E-state index in [0.717, 1.165) is 19.5 Å². The van der Waals surface area contributed by atoms with Gasteiger partial charge in [0.2, 0.25) is 0 Å². The standard InChI is InChI=1S/C16H24N2O/c1-11-3-2-4-12(7-11)15(8-17)18-9-13-5-6-16(19)14(13)10-18/h2-4,7,13-16,19H,5-6,8-10,17H2,1H3. The second-order valence-electron chi connectivity index (χ2n) is 6.19. The quantitative estimate of drug-likeness (QED) is 0.869. The van der Waals surface area contributed by atoms with Crippen molar-refractivity contribution in [2.45, 2.75) is 31.9 Å². The van der Waals surface area contributed by atoms with Crippen LogP contribution in [0.25, 0.3) is 0 Å². The minimum absolute atomic E-state index is 0.0917. The zero-order valence-electron chi connectivity index (χ0n) is 11.6. The van der Waals surface area contributed by atoms with Gasteiger partial charge in [-0.3, -0.25) is 4.90 Å². The highest BCUT2D eigenvalue weighted by Crippen LogP contribution is 2.40. The van der Waals surface area contributed by atoms with Crippen molar-refractivity contribution >= 4 is 0 Å². The van der Waals surface area contributed by atoms with Gasteiger partial charge >= 0.3 is 0 Å². The van der Waals surface area contributed by atoms with Gasteiger partial charge in [0.1, 0.15) is 0 Å². The van der Waals surface area contributed by atoms with Crippen LogP contribution in [0.15, 0.2) is 24.3 Å². The van der Waals surface area contributed by atoms with Crippen molar-refractivity contribution in [3.63, 3.8) is 0 Å². The fourth-order valence-electron chi connectivity index (χ4n) is 3.90. The minimum atomic E-state index is -0.0917. The Morgan fingerprint density at radius 1 is 1.37 bits per heavy atom. The van der Waals surface area contributed by atoms with Crippen LogP contribution in [0.1, 0.15) is 30.0 Å². The maximum Gasteiger partial charge on any atom is 0.0583 e. The molecule has 1 aliphatic carbocycles. The second-order valence-corrected chi connectivity index (χ2v) is 6.19. The van der Waals surface area contributed by atoms with E-state index in [4.69, 9.17) is 5.73 Å². The van der Waals surface area contributed by atoms with Crippen molar-refractivity contribution in [1.29, 1.82) is 0 Å². The Kier molecular flexibility index (Phi) is 3.61. The van der Waals surface area contributed by atoms with Crippen molar-refractivity contribution < 1.29 is 5.11 Å². The van der Waals surface area contributed by atoms with Gasteiger partial charge in [-0.2, -0.15) is 0 Å². The first-order valence-electron chi connectivity index (χ1n) is 7.38. The number of aliphatic hydroxyl groups is 1. The van der Waals surface area contributed by atoms with Gasteiger partial charge in [0.05, 0.1) is 6.10 Å². The second kappa shape index (κ2) is 5.23. The van der Waals surface area contributed by atoms with Crippen molar-refractivity contribution in [3.8, 4) is 0 Å². The molecular formula is C16H24N2O. The van der Waals surface area contributed by atoms with E-state index in [-0.39, 0.29) is 6.10 Å². The molecule has 2 aliphatic rings. The van der Waals surface area contributed by atoms with E-state index >= 15 is 0 Å². The molecule has 3 N–H and O–H groups in total. The summed E-state index contributed by atoms with van der Waals surface area (Å²) in [5.41, 5.74) is 8.62. The Balaban J connectivity index is 1.77. The fraction of sp³-hybridized carbons (Fsp3) is 0.625. The molecule has 1 aromatic carbocycles. The van der Waals surface area contributed by atoms with Gasteiger partial charge in [0.15, 0.2) is 0 Å². The lowest BCUT2D eigenvalue weighted by atomic mass is 10.00. The number of aryl methyl sites for hydroxylation is 1. The van der Waals surface area contributed by atoms with Gasteiger partial charge in [-0.05, 0) is 31.2 Å². The van der Waals surface area contributed by atoms with Crippen LogP contribution >= 0.6 is 0 Å². The first-order valence-corrected chi connectivity index (χ1v) is 7.38.